The number of hydrogen-bond acceptors (Lipinski definition) is 4. The van der Waals surface area contributed by atoms with Crippen LogP contribution in [0, 0.1) is 10.1 Å². The minimum atomic E-state index is -0.418. The highest BCUT2D eigenvalue weighted by Gasteiger charge is 2.12. The molecule has 6 nitrogen and oxygen atoms in total. The van der Waals surface area contributed by atoms with Gasteiger partial charge in [0.2, 0.25) is 0 Å². The Morgan fingerprint density at radius 1 is 1.50 bits per heavy atom. The molecule has 2 rings (SSSR count). The van der Waals surface area contributed by atoms with E-state index in [2.05, 4.69) is 31.4 Å². The molecule has 1 atom stereocenters. The number of benzene rings is 1. The van der Waals surface area contributed by atoms with E-state index in [-0.39, 0.29) is 11.7 Å². The molecule has 18 heavy (non-hydrogen) atoms. The summed E-state index contributed by atoms with van der Waals surface area (Å²) in [6.45, 7) is 1.94. The largest absolute Gasteiger partial charge is 0.376 e. The highest BCUT2D eigenvalue weighted by atomic mass is 79.9. The van der Waals surface area contributed by atoms with Crippen molar-refractivity contribution in [3.05, 3.63) is 50.7 Å². The van der Waals surface area contributed by atoms with E-state index >= 15 is 0 Å². The van der Waals surface area contributed by atoms with Gasteiger partial charge in [-0.3, -0.25) is 15.2 Å². The highest BCUT2D eigenvalue weighted by molar-refractivity contribution is 9.10. The molecular weight excluding hydrogens is 300 g/mol. The van der Waals surface area contributed by atoms with Crippen LogP contribution in [-0.2, 0) is 0 Å². The van der Waals surface area contributed by atoms with E-state index in [1.54, 1.807) is 12.3 Å². The standard InChI is InChI=1S/C11H11BrN4O2/c1-7(10-4-5-13-15-10)14-11-6-8(16(17)18)2-3-9(11)12/h2-7,14H,1H3,(H,13,15). The molecule has 94 valence electrons. The molecule has 1 heterocycles. The zero-order chi connectivity index (χ0) is 13.1. The van der Waals surface area contributed by atoms with Gasteiger partial charge < -0.3 is 5.32 Å². The lowest BCUT2D eigenvalue weighted by atomic mass is 10.2. The Hall–Kier alpha value is -1.89. The molecule has 0 saturated carbocycles. The third kappa shape index (κ3) is 2.67. The van der Waals surface area contributed by atoms with Crippen molar-refractivity contribution in [1.29, 1.82) is 0 Å². The molecular formula is C11H11BrN4O2. The molecule has 2 aromatic rings. The molecule has 0 aliphatic rings. The normalized spacial score (nSPS) is 12.1. The predicted molar refractivity (Wildman–Crippen MR) is 71.4 cm³/mol. The topological polar surface area (TPSA) is 83.8 Å². The van der Waals surface area contributed by atoms with Gasteiger partial charge in [0.25, 0.3) is 5.69 Å². The van der Waals surface area contributed by atoms with Crippen molar-refractivity contribution < 1.29 is 4.92 Å². The summed E-state index contributed by atoms with van der Waals surface area (Å²) in [4.78, 5) is 10.3. The molecule has 7 heteroatoms. The first-order chi connectivity index (χ1) is 8.58. The van der Waals surface area contributed by atoms with Crippen LogP contribution in [0.1, 0.15) is 18.7 Å². The maximum absolute atomic E-state index is 10.7. The first-order valence-corrected chi connectivity index (χ1v) is 6.07. The summed E-state index contributed by atoms with van der Waals surface area (Å²) in [5.74, 6) is 0. The fourth-order valence-electron chi connectivity index (χ4n) is 1.56. The summed E-state index contributed by atoms with van der Waals surface area (Å²) in [5, 5.41) is 20.6. The third-order valence-electron chi connectivity index (χ3n) is 2.52. The van der Waals surface area contributed by atoms with Crippen LogP contribution in [0.15, 0.2) is 34.9 Å². The SMILES string of the molecule is CC(Nc1cc([N+](=O)[O-])ccc1Br)c1ccn[nH]1. The van der Waals surface area contributed by atoms with Crippen LogP contribution in [0.2, 0.25) is 0 Å². The van der Waals surface area contributed by atoms with Gasteiger partial charge in [-0.25, -0.2) is 0 Å². The molecule has 0 bridgehead atoms. The van der Waals surface area contributed by atoms with Crippen LogP contribution in [0.3, 0.4) is 0 Å². The molecule has 2 N–H and O–H groups in total. The minimum absolute atomic E-state index is 0.0224. The fraction of sp³-hybridized carbons (Fsp3) is 0.182. The molecule has 0 aliphatic carbocycles. The number of nitrogens with zero attached hydrogens (tertiary/aromatic N) is 2. The van der Waals surface area contributed by atoms with E-state index in [9.17, 15) is 10.1 Å². The number of nitrogens with one attached hydrogen (secondary N) is 2. The van der Waals surface area contributed by atoms with Crippen LogP contribution in [0.5, 0.6) is 0 Å². The molecule has 0 radical (unpaired) electrons. The first-order valence-electron chi connectivity index (χ1n) is 5.27. The Labute approximate surface area is 112 Å². The van der Waals surface area contributed by atoms with Gasteiger partial charge in [0.15, 0.2) is 0 Å². The number of halogens is 1. The smallest absolute Gasteiger partial charge is 0.271 e. The number of nitro groups is 1. The van der Waals surface area contributed by atoms with Gasteiger partial charge in [-0.15, -0.1) is 0 Å². The molecule has 0 saturated heterocycles. The monoisotopic (exact) mass is 310 g/mol. The van der Waals surface area contributed by atoms with E-state index < -0.39 is 4.92 Å². The molecule has 0 amide bonds. The Balaban J connectivity index is 2.23. The average molecular weight is 311 g/mol. The molecule has 0 fully saturated rings. The van der Waals surface area contributed by atoms with Crippen LogP contribution in [0.25, 0.3) is 0 Å². The number of H-pyrrole nitrogens is 1. The Kier molecular flexibility index (Phi) is 3.61. The van der Waals surface area contributed by atoms with Gasteiger partial charge in [-0.1, -0.05) is 0 Å². The number of anilines is 1. The van der Waals surface area contributed by atoms with Crippen molar-refractivity contribution in [3.8, 4) is 0 Å². The van der Waals surface area contributed by atoms with Crippen LogP contribution in [-0.4, -0.2) is 15.1 Å². The predicted octanol–water partition coefficient (Wildman–Crippen LogP) is 3.25. The summed E-state index contributed by atoms with van der Waals surface area (Å²) < 4.78 is 0.777. The zero-order valence-corrected chi connectivity index (χ0v) is 11.1. The second kappa shape index (κ2) is 5.18. The highest BCUT2D eigenvalue weighted by Crippen LogP contribution is 2.29. The van der Waals surface area contributed by atoms with Gasteiger partial charge in [0, 0.05) is 22.8 Å². The summed E-state index contributed by atoms with van der Waals surface area (Å²) in [7, 11) is 0. The average Bonchev–Trinajstić information content (AvgIpc) is 2.85. The van der Waals surface area contributed by atoms with Gasteiger partial charge in [0.1, 0.15) is 0 Å². The van der Waals surface area contributed by atoms with Gasteiger partial charge in [-0.05, 0) is 35.0 Å². The number of aromatic nitrogens is 2. The summed E-state index contributed by atoms with van der Waals surface area (Å²) in [5.41, 5.74) is 1.64. The summed E-state index contributed by atoms with van der Waals surface area (Å²) in [6.07, 6.45) is 1.66. The van der Waals surface area contributed by atoms with Gasteiger partial charge in [-0.2, -0.15) is 5.10 Å². The van der Waals surface area contributed by atoms with E-state index in [1.165, 1.54) is 12.1 Å². The van der Waals surface area contributed by atoms with Crippen molar-refractivity contribution in [3.63, 3.8) is 0 Å². The maximum Gasteiger partial charge on any atom is 0.271 e. The summed E-state index contributed by atoms with van der Waals surface area (Å²) in [6, 6.07) is 6.43. The van der Waals surface area contributed by atoms with Gasteiger partial charge in [0.05, 0.1) is 22.3 Å². The molecule has 0 aliphatic heterocycles. The molecule has 1 unspecified atom stereocenters. The molecule has 1 aromatic carbocycles. The van der Waals surface area contributed by atoms with Crippen LogP contribution in [0.4, 0.5) is 11.4 Å². The third-order valence-corrected chi connectivity index (χ3v) is 3.21. The van der Waals surface area contributed by atoms with Crippen molar-refractivity contribution in [1.82, 2.24) is 10.2 Å². The van der Waals surface area contributed by atoms with Crippen LogP contribution < -0.4 is 5.32 Å². The van der Waals surface area contributed by atoms with E-state index in [0.717, 1.165) is 10.2 Å². The van der Waals surface area contributed by atoms with Crippen molar-refractivity contribution in [2.45, 2.75) is 13.0 Å². The van der Waals surface area contributed by atoms with Crippen molar-refractivity contribution >= 4 is 27.3 Å². The van der Waals surface area contributed by atoms with Crippen molar-refractivity contribution in [2.75, 3.05) is 5.32 Å². The summed E-state index contributed by atoms with van der Waals surface area (Å²) >= 11 is 3.36. The van der Waals surface area contributed by atoms with Crippen molar-refractivity contribution in [2.24, 2.45) is 0 Å². The second-order valence-electron chi connectivity index (χ2n) is 3.80. The lowest BCUT2D eigenvalue weighted by Crippen LogP contribution is -2.07. The van der Waals surface area contributed by atoms with E-state index in [4.69, 9.17) is 0 Å². The minimum Gasteiger partial charge on any atom is -0.376 e. The van der Waals surface area contributed by atoms with E-state index in [1.807, 2.05) is 13.0 Å². The number of non-ortho nitro benzene ring substituents is 1. The number of hydrogen-bond donors (Lipinski definition) is 2. The number of aromatic amines is 1. The van der Waals surface area contributed by atoms with Crippen LogP contribution >= 0.6 is 15.9 Å². The Bertz CT molecular complexity index is 556. The zero-order valence-electron chi connectivity index (χ0n) is 9.55. The quantitative estimate of drug-likeness (QED) is 0.670. The molecule has 0 spiro atoms. The van der Waals surface area contributed by atoms with Gasteiger partial charge >= 0.3 is 0 Å². The maximum atomic E-state index is 10.7. The second-order valence-corrected chi connectivity index (χ2v) is 4.65. The number of rotatable bonds is 4. The Morgan fingerprint density at radius 3 is 2.89 bits per heavy atom. The molecule has 1 aromatic heterocycles. The fourth-order valence-corrected chi connectivity index (χ4v) is 1.92. The lowest BCUT2D eigenvalue weighted by Gasteiger charge is -2.14. The Morgan fingerprint density at radius 2 is 2.28 bits per heavy atom. The van der Waals surface area contributed by atoms with E-state index in [0.29, 0.717) is 5.69 Å². The number of nitro benzene ring substituents is 1. The lowest BCUT2D eigenvalue weighted by molar-refractivity contribution is -0.384. The first kappa shape index (κ1) is 12.6.